The zero-order chi connectivity index (χ0) is 12.2. The average molecular weight is 262 g/mol. The summed E-state index contributed by atoms with van der Waals surface area (Å²) < 4.78 is 29.5. The Labute approximate surface area is 100 Å². The Morgan fingerprint density at radius 2 is 1.94 bits per heavy atom. The zero-order valence-electron chi connectivity index (χ0n) is 9.08. The van der Waals surface area contributed by atoms with Gasteiger partial charge in [0.25, 0.3) is 9.05 Å². The molecule has 1 aromatic carbocycles. The van der Waals surface area contributed by atoms with Crippen molar-refractivity contribution in [1.82, 2.24) is 0 Å². The molecule has 16 heavy (non-hydrogen) atoms. The number of benzene rings is 1. The van der Waals surface area contributed by atoms with Crippen LogP contribution >= 0.6 is 0 Å². The van der Waals surface area contributed by atoms with Gasteiger partial charge in [-0.05, 0) is 31.5 Å². The molecule has 1 rings (SSSR count). The minimum Gasteiger partial charge on any atom is -0.491 e. The van der Waals surface area contributed by atoms with Crippen molar-refractivity contribution >= 4 is 20.2 Å². The maximum Gasteiger partial charge on any atom is 0.266 e. The largest absolute Gasteiger partial charge is 0.491 e. The van der Waals surface area contributed by atoms with Gasteiger partial charge in [-0.1, -0.05) is 12.1 Å². The van der Waals surface area contributed by atoms with Gasteiger partial charge in [-0.3, -0.25) is 8.74 Å². The van der Waals surface area contributed by atoms with Gasteiger partial charge in [0.1, 0.15) is 5.75 Å². The van der Waals surface area contributed by atoms with Crippen molar-refractivity contribution in [1.29, 1.82) is 0 Å². The molecule has 0 aliphatic carbocycles. The van der Waals surface area contributed by atoms with E-state index in [9.17, 15) is 4.21 Å². The highest BCUT2D eigenvalue weighted by Gasteiger charge is 2.02. The van der Waals surface area contributed by atoms with E-state index in [1.165, 1.54) is 0 Å². The molecular formula is C10H14O4S2. The monoisotopic (exact) mass is 262 g/mol. The number of hydrogen-bond donors (Lipinski definition) is 1. The lowest BCUT2D eigenvalue weighted by Crippen LogP contribution is -2.05. The third kappa shape index (κ3) is 5.41. The highest BCUT2D eigenvalue weighted by atomic mass is 32.9. The first kappa shape index (κ1) is 13.4. The van der Waals surface area contributed by atoms with Gasteiger partial charge in [0.15, 0.2) is 0 Å². The molecule has 0 aromatic heterocycles. The lowest BCUT2D eigenvalue weighted by atomic mass is 10.2. The van der Waals surface area contributed by atoms with Crippen LogP contribution in [0.4, 0.5) is 0 Å². The molecule has 1 aromatic rings. The van der Waals surface area contributed by atoms with E-state index in [-0.39, 0.29) is 12.7 Å². The van der Waals surface area contributed by atoms with Crippen molar-refractivity contribution in [3.63, 3.8) is 0 Å². The first-order chi connectivity index (χ1) is 7.37. The molecule has 1 N–H and O–H groups in total. The van der Waals surface area contributed by atoms with E-state index in [0.717, 1.165) is 11.3 Å². The standard InChI is InChI=1S/C10H14O4S2/c1-8(2)14-10-5-3-9(4-6-10)7-13-16(11,12)15/h3-6,8H,7H2,1-2H3,(H,11,12,15). The van der Waals surface area contributed by atoms with Crippen LogP contribution in [0.25, 0.3) is 0 Å². The molecule has 90 valence electrons. The molecule has 6 heteroatoms. The SMILES string of the molecule is CC(C)Oc1ccc(COS(=O)(O)=S)cc1. The summed E-state index contributed by atoms with van der Waals surface area (Å²) in [6.07, 6.45) is 0.117. The molecule has 0 spiro atoms. The Balaban J connectivity index is 2.58. The summed E-state index contributed by atoms with van der Waals surface area (Å²) in [6, 6.07) is 7.08. The Morgan fingerprint density at radius 3 is 2.38 bits per heavy atom. The first-order valence-corrected chi connectivity index (χ1v) is 7.11. The maximum atomic E-state index is 10.7. The molecular weight excluding hydrogens is 248 g/mol. The molecule has 0 aliphatic rings. The summed E-state index contributed by atoms with van der Waals surface area (Å²) >= 11 is 4.20. The van der Waals surface area contributed by atoms with Gasteiger partial charge in [-0.2, -0.15) is 4.21 Å². The third-order valence-electron chi connectivity index (χ3n) is 1.67. The van der Waals surface area contributed by atoms with E-state index in [1.807, 2.05) is 13.8 Å². The minimum absolute atomic E-state index is 0.0147. The van der Waals surface area contributed by atoms with Crippen molar-refractivity contribution in [2.24, 2.45) is 0 Å². The van der Waals surface area contributed by atoms with Gasteiger partial charge in [0.05, 0.1) is 12.7 Å². The fourth-order valence-electron chi connectivity index (χ4n) is 1.08. The fraction of sp³-hybridized carbons (Fsp3) is 0.400. The van der Waals surface area contributed by atoms with Crippen LogP contribution in [-0.2, 0) is 31.0 Å². The first-order valence-electron chi connectivity index (χ1n) is 4.74. The Hall–Kier alpha value is -0.690. The second kappa shape index (κ2) is 5.58. The van der Waals surface area contributed by atoms with Crippen LogP contribution in [0.2, 0.25) is 0 Å². The smallest absolute Gasteiger partial charge is 0.266 e. The quantitative estimate of drug-likeness (QED) is 0.881. The van der Waals surface area contributed by atoms with Gasteiger partial charge in [-0.25, -0.2) is 0 Å². The van der Waals surface area contributed by atoms with Gasteiger partial charge < -0.3 is 4.74 Å². The predicted octanol–water partition coefficient (Wildman–Crippen LogP) is 2.12. The van der Waals surface area contributed by atoms with Crippen LogP contribution in [0.15, 0.2) is 24.3 Å². The number of rotatable bonds is 5. The lowest BCUT2D eigenvalue weighted by molar-refractivity contribution is 0.242. The zero-order valence-corrected chi connectivity index (χ0v) is 10.7. The molecule has 1 unspecified atom stereocenters. The van der Waals surface area contributed by atoms with Gasteiger partial charge in [0.2, 0.25) is 0 Å². The summed E-state index contributed by atoms with van der Waals surface area (Å²) in [5, 5.41) is 0. The summed E-state index contributed by atoms with van der Waals surface area (Å²) in [6.45, 7) is 3.89. The van der Waals surface area contributed by atoms with Crippen LogP contribution < -0.4 is 4.74 Å². The topological polar surface area (TPSA) is 55.8 Å². The Bertz CT molecular complexity index is 423. The van der Waals surface area contributed by atoms with E-state index < -0.39 is 9.05 Å². The molecule has 0 saturated carbocycles. The summed E-state index contributed by atoms with van der Waals surface area (Å²) in [5.41, 5.74) is 0.766. The van der Waals surface area contributed by atoms with Crippen molar-refractivity contribution in [3.8, 4) is 5.75 Å². The third-order valence-corrected chi connectivity index (χ3v) is 2.37. The second-order valence-electron chi connectivity index (χ2n) is 3.50. The van der Waals surface area contributed by atoms with Crippen LogP contribution in [0.5, 0.6) is 5.75 Å². The van der Waals surface area contributed by atoms with Crippen molar-refractivity contribution < 1.29 is 17.7 Å². The van der Waals surface area contributed by atoms with E-state index in [1.54, 1.807) is 24.3 Å². The van der Waals surface area contributed by atoms with Crippen molar-refractivity contribution in [2.75, 3.05) is 0 Å². The van der Waals surface area contributed by atoms with E-state index >= 15 is 0 Å². The minimum atomic E-state index is -3.55. The molecule has 4 nitrogen and oxygen atoms in total. The van der Waals surface area contributed by atoms with Gasteiger partial charge >= 0.3 is 0 Å². The van der Waals surface area contributed by atoms with Crippen molar-refractivity contribution in [3.05, 3.63) is 29.8 Å². The summed E-state index contributed by atoms with van der Waals surface area (Å²) in [5.74, 6) is 0.752. The predicted molar refractivity (Wildman–Crippen MR) is 65.1 cm³/mol. The van der Waals surface area contributed by atoms with Crippen LogP contribution in [0.3, 0.4) is 0 Å². The Kier molecular flexibility index (Phi) is 4.67. The van der Waals surface area contributed by atoms with E-state index in [2.05, 4.69) is 15.4 Å². The van der Waals surface area contributed by atoms with E-state index in [0.29, 0.717) is 0 Å². The molecule has 0 heterocycles. The number of ether oxygens (including phenoxy) is 1. The lowest BCUT2D eigenvalue weighted by Gasteiger charge is -2.10. The molecule has 0 fully saturated rings. The highest BCUT2D eigenvalue weighted by molar-refractivity contribution is 8.27. The Morgan fingerprint density at radius 1 is 1.38 bits per heavy atom. The van der Waals surface area contributed by atoms with Gasteiger partial charge in [-0.15, -0.1) is 0 Å². The molecule has 0 bridgehead atoms. The summed E-state index contributed by atoms with van der Waals surface area (Å²) in [7, 11) is -3.55. The fourth-order valence-corrected chi connectivity index (χ4v) is 1.51. The maximum absolute atomic E-state index is 10.7. The summed E-state index contributed by atoms with van der Waals surface area (Å²) in [4.78, 5) is 0. The van der Waals surface area contributed by atoms with Crippen LogP contribution in [0, 0.1) is 0 Å². The second-order valence-corrected chi connectivity index (χ2v) is 5.86. The number of hydrogen-bond acceptors (Lipinski definition) is 4. The average Bonchev–Trinajstić information content (AvgIpc) is 2.14. The molecule has 0 radical (unpaired) electrons. The molecule has 1 atom stereocenters. The normalized spacial score (nSPS) is 14.8. The highest BCUT2D eigenvalue weighted by Crippen LogP contribution is 2.14. The van der Waals surface area contributed by atoms with Crippen LogP contribution in [0.1, 0.15) is 19.4 Å². The van der Waals surface area contributed by atoms with Crippen molar-refractivity contribution in [2.45, 2.75) is 26.6 Å². The molecule has 0 amide bonds. The van der Waals surface area contributed by atoms with E-state index in [4.69, 9.17) is 9.29 Å². The molecule has 0 aliphatic heterocycles. The molecule has 0 saturated heterocycles. The van der Waals surface area contributed by atoms with Crippen LogP contribution in [-0.4, -0.2) is 14.9 Å². The van der Waals surface area contributed by atoms with Gasteiger partial charge in [0, 0.05) is 11.2 Å².